The Bertz CT molecular complexity index is 438. The Balaban J connectivity index is 2.17. The molecular weight excluding hydrogens is 248 g/mol. The van der Waals surface area contributed by atoms with Crippen LogP contribution in [0.1, 0.15) is 41.8 Å². The maximum absolute atomic E-state index is 11.5. The summed E-state index contributed by atoms with van der Waals surface area (Å²) in [7, 11) is 0. The van der Waals surface area contributed by atoms with E-state index in [1.54, 1.807) is 11.3 Å². The van der Waals surface area contributed by atoms with E-state index in [-0.39, 0.29) is 0 Å². The van der Waals surface area contributed by atoms with Gasteiger partial charge in [-0.1, -0.05) is 0 Å². The first-order valence-electron chi connectivity index (χ1n) is 6.35. The molecule has 0 amide bonds. The Morgan fingerprint density at radius 3 is 2.78 bits per heavy atom. The highest BCUT2D eigenvalue weighted by molar-refractivity contribution is 7.11. The fourth-order valence-electron chi connectivity index (χ4n) is 2.44. The van der Waals surface area contributed by atoms with Crippen LogP contribution in [0.15, 0.2) is 0 Å². The number of aliphatic carboxylic acids is 1. The van der Waals surface area contributed by atoms with Gasteiger partial charge in [0.2, 0.25) is 0 Å². The average Bonchev–Trinajstić information content (AvgIpc) is 2.61. The van der Waals surface area contributed by atoms with E-state index < -0.39 is 11.5 Å². The Morgan fingerprint density at radius 2 is 2.22 bits per heavy atom. The number of thiazole rings is 1. The van der Waals surface area contributed by atoms with Crippen LogP contribution in [0.2, 0.25) is 0 Å². The molecule has 0 bridgehead atoms. The molecule has 5 heteroatoms. The maximum atomic E-state index is 11.5. The van der Waals surface area contributed by atoms with Crippen molar-refractivity contribution >= 4 is 17.3 Å². The molecule has 1 fully saturated rings. The number of carboxylic acids is 1. The van der Waals surface area contributed by atoms with Gasteiger partial charge in [-0.3, -0.25) is 9.69 Å². The topological polar surface area (TPSA) is 53.4 Å². The van der Waals surface area contributed by atoms with Crippen molar-refractivity contribution in [2.75, 3.05) is 6.54 Å². The van der Waals surface area contributed by atoms with E-state index in [9.17, 15) is 9.90 Å². The number of piperidine rings is 1. The summed E-state index contributed by atoms with van der Waals surface area (Å²) in [6.07, 6.45) is 2.80. The minimum atomic E-state index is -0.730. The second kappa shape index (κ2) is 4.97. The summed E-state index contributed by atoms with van der Waals surface area (Å²) in [6, 6.07) is 0. The number of likely N-dealkylation sites (tertiary alicyclic amines) is 1. The van der Waals surface area contributed by atoms with Crippen molar-refractivity contribution in [2.45, 2.75) is 52.1 Å². The summed E-state index contributed by atoms with van der Waals surface area (Å²) in [5.74, 6) is -0.716. The summed E-state index contributed by atoms with van der Waals surface area (Å²) in [5, 5.41) is 10.5. The van der Waals surface area contributed by atoms with Crippen LogP contribution in [0, 0.1) is 13.8 Å². The number of rotatable bonds is 3. The molecular formula is C13H20N2O2S. The van der Waals surface area contributed by atoms with E-state index in [0.717, 1.165) is 36.5 Å². The zero-order valence-corrected chi connectivity index (χ0v) is 12.0. The molecule has 1 N–H and O–H groups in total. The zero-order chi connectivity index (χ0) is 13.3. The fourth-order valence-corrected chi connectivity index (χ4v) is 3.39. The number of nitrogens with zero attached hydrogens (tertiary/aromatic N) is 2. The molecule has 0 aromatic carbocycles. The molecule has 1 aliphatic rings. The van der Waals surface area contributed by atoms with Crippen LogP contribution < -0.4 is 0 Å². The van der Waals surface area contributed by atoms with Gasteiger partial charge in [0.15, 0.2) is 0 Å². The summed E-state index contributed by atoms with van der Waals surface area (Å²) >= 11 is 1.67. The van der Waals surface area contributed by atoms with Crippen LogP contribution in [0.3, 0.4) is 0 Å². The van der Waals surface area contributed by atoms with Gasteiger partial charge in [0.1, 0.15) is 10.5 Å². The van der Waals surface area contributed by atoms with Crippen molar-refractivity contribution in [3.8, 4) is 0 Å². The molecule has 1 aromatic heterocycles. The minimum Gasteiger partial charge on any atom is -0.480 e. The first-order valence-corrected chi connectivity index (χ1v) is 7.16. The van der Waals surface area contributed by atoms with Crippen molar-refractivity contribution < 1.29 is 9.90 Å². The molecule has 1 atom stereocenters. The zero-order valence-electron chi connectivity index (χ0n) is 11.2. The maximum Gasteiger partial charge on any atom is 0.323 e. The molecule has 18 heavy (non-hydrogen) atoms. The minimum absolute atomic E-state index is 0.655. The third-order valence-corrected chi connectivity index (χ3v) is 4.96. The third kappa shape index (κ3) is 2.42. The standard InChI is InChI=1S/C13H20N2O2S/c1-9-10(2)18-11(14-9)8-15-7-5-4-6-13(15,3)12(16)17/h4-8H2,1-3H3,(H,16,17). The number of carbonyl (C=O) groups is 1. The third-order valence-electron chi connectivity index (χ3n) is 3.90. The molecule has 1 unspecified atom stereocenters. The highest BCUT2D eigenvalue weighted by atomic mass is 32.1. The predicted molar refractivity (Wildman–Crippen MR) is 71.9 cm³/mol. The lowest BCUT2D eigenvalue weighted by Crippen LogP contribution is -2.54. The van der Waals surface area contributed by atoms with Crippen LogP contribution in [0.25, 0.3) is 0 Å². The van der Waals surface area contributed by atoms with E-state index in [4.69, 9.17) is 0 Å². The smallest absolute Gasteiger partial charge is 0.323 e. The first-order chi connectivity index (χ1) is 8.43. The van der Waals surface area contributed by atoms with Crippen LogP contribution in [0.5, 0.6) is 0 Å². The molecule has 0 aliphatic carbocycles. The quantitative estimate of drug-likeness (QED) is 0.915. The van der Waals surface area contributed by atoms with Crippen molar-refractivity contribution in [2.24, 2.45) is 0 Å². The Kier molecular flexibility index (Phi) is 3.73. The van der Waals surface area contributed by atoms with Crippen LogP contribution >= 0.6 is 11.3 Å². The summed E-state index contributed by atoms with van der Waals surface area (Å²) in [4.78, 5) is 19.3. The molecule has 4 nitrogen and oxygen atoms in total. The van der Waals surface area contributed by atoms with E-state index in [1.807, 2.05) is 13.8 Å². The normalized spacial score (nSPS) is 25.3. The summed E-state index contributed by atoms with van der Waals surface area (Å²) < 4.78 is 0. The molecule has 0 spiro atoms. The van der Waals surface area contributed by atoms with Gasteiger partial charge in [-0.05, 0) is 46.6 Å². The van der Waals surface area contributed by atoms with Crippen LogP contribution in [0.4, 0.5) is 0 Å². The molecule has 2 rings (SSSR count). The Labute approximate surface area is 112 Å². The van der Waals surface area contributed by atoms with Gasteiger partial charge < -0.3 is 5.11 Å². The van der Waals surface area contributed by atoms with Crippen molar-refractivity contribution in [3.63, 3.8) is 0 Å². The average molecular weight is 268 g/mol. The summed E-state index contributed by atoms with van der Waals surface area (Å²) in [6.45, 7) is 7.40. The van der Waals surface area contributed by atoms with E-state index >= 15 is 0 Å². The van der Waals surface area contributed by atoms with Gasteiger partial charge in [0, 0.05) is 4.88 Å². The highest BCUT2D eigenvalue weighted by Crippen LogP contribution is 2.30. The number of aryl methyl sites for hydroxylation is 2. The van der Waals surface area contributed by atoms with Gasteiger partial charge in [-0.2, -0.15) is 0 Å². The summed E-state index contributed by atoms with van der Waals surface area (Å²) in [5.41, 5.74) is 0.329. The monoisotopic (exact) mass is 268 g/mol. The molecule has 0 saturated carbocycles. The number of hydrogen-bond acceptors (Lipinski definition) is 4. The number of aromatic nitrogens is 1. The predicted octanol–water partition coefficient (Wildman–Crippen LogP) is 2.59. The van der Waals surface area contributed by atoms with E-state index in [1.165, 1.54) is 4.88 Å². The Morgan fingerprint density at radius 1 is 1.50 bits per heavy atom. The molecule has 100 valence electrons. The van der Waals surface area contributed by atoms with Crippen LogP contribution in [-0.2, 0) is 11.3 Å². The van der Waals surface area contributed by atoms with Gasteiger partial charge in [0.25, 0.3) is 0 Å². The first kappa shape index (κ1) is 13.5. The molecule has 2 heterocycles. The number of carboxylic acid groups (broad SMARTS) is 1. The molecule has 0 radical (unpaired) electrons. The fraction of sp³-hybridized carbons (Fsp3) is 0.692. The van der Waals surface area contributed by atoms with Crippen LogP contribution in [-0.4, -0.2) is 33.0 Å². The highest BCUT2D eigenvalue weighted by Gasteiger charge is 2.41. The SMILES string of the molecule is Cc1nc(CN2CCCCC2(C)C(=O)O)sc1C. The largest absolute Gasteiger partial charge is 0.480 e. The molecule has 1 saturated heterocycles. The second-order valence-corrected chi connectivity index (χ2v) is 6.49. The molecule has 1 aliphatic heterocycles. The molecule has 1 aromatic rings. The van der Waals surface area contributed by atoms with Gasteiger partial charge in [0.05, 0.1) is 12.2 Å². The van der Waals surface area contributed by atoms with Crippen molar-refractivity contribution in [3.05, 3.63) is 15.6 Å². The second-order valence-electron chi connectivity index (χ2n) is 5.21. The lowest BCUT2D eigenvalue weighted by atomic mass is 9.88. The van der Waals surface area contributed by atoms with Gasteiger partial charge in [-0.25, -0.2) is 4.98 Å². The van der Waals surface area contributed by atoms with Crippen molar-refractivity contribution in [1.29, 1.82) is 0 Å². The van der Waals surface area contributed by atoms with E-state index in [2.05, 4.69) is 16.8 Å². The van der Waals surface area contributed by atoms with Gasteiger partial charge >= 0.3 is 5.97 Å². The van der Waals surface area contributed by atoms with Gasteiger partial charge in [-0.15, -0.1) is 11.3 Å². The lowest BCUT2D eigenvalue weighted by Gasteiger charge is -2.41. The van der Waals surface area contributed by atoms with Crippen molar-refractivity contribution in [1.82, 2.24) is 9.88 Å². The lowest BCUT2D eigenvalue weighted by molar-refractivity contribution is -0.153. The number of hydrogen-bond donors (Lipinski definition) is 1. The Hall–Kier alpha value is -0.940. The van der Waals surface area contributed by atoms with E-state index in [0.29, 0.717) is 6.54 Å².